The number of nitrogens with one attached hydrogen (secondary N) is 1. The average Bonchev–Trinajstić information content (AvgIpc) is 2.83. The number of cyclic esters (lactones) is 1. The molecule has 0 radical (unpaired) electrons. The van der Waals surface area contributed by atoms with Gasteiger partial charge in [0.2, 0.25) is 6.79 Å². The first-order valence-corrected chi connectivity index (χ1v) is 12.1. The number of hydrogen-bond donors (Lipinski definition) is 1. The van der Waals surface area contributed by atoms with Gasteiger partial charge in [0.15, 0.2) is 17.2 Å². The van der Waals surface area contributed by atoms with Crippen LogP contribution in [0.3, 0.4) is 0 Å². The van der Waals surface area contributed by atoms with Crippen molar-refractivity contribution in [2.24, 2.45) is 5.92 Å². The minimum Gasteiger partial charge on any atom is -0.493 e. The Labute approximate surface area is 212 Å². The summed E-state index contributed by atoms with van der Waals surface area (Å²) in [5, 5.41) is 2.71. The van der Waals surface area contributed by atoms with Gasteiger partial charge in [0, 0.05) is 32.9 Å². The third kappa shape index (κ3) is 8.63. The Morgan fingerprint density at radius 3 is 2.58 bits per heavy atom. The van der Waals surface area contributed by atoms with Gasteiger partial charge in [-0.1, -0.05) is 26.7 Å². The quantitative estimate of drug-likeness (QED) is 0.370. The van der Waals surface area contributed by atoms with E-state index in [0.29, 0.717) is 25.4 Å². The molecule has 0 aromatic carbocycles. The highest BCUT2D eigenvalue weighted by Crippen LogP contribution is 2.30. The SMILES string of the molecule is COc1ccnc(C(=O)N[C@H]2CCCC[C@H](OC)[C@@H](OCC(C)C)[C@H](C)OC2=O)c1OCOC(C)=O. The molecule has 2 rings (SSSR count). The van der Waals surface area contributed by atoms with Gasteiger partial charge in [0.25, 0.3) is 5.91 Å². The molecule has 1 aliphatic rings. The lowest BCUT2D eigenvalue weighted by molar-refractivity contribution is -0.170. The molecule has 4 atom stereocenters. The van der Waals surface area contributed by atoms with E-state index in [2.05, 4.69) is 10.3 Å². The van der Waals surface area contributed by atoms with E-state index >= 15 is 0 Å². The molecule has 1 aromatic heterocycles. The van der Waals surface area contributed by atoms with E-state index in [1.165, 1.54) is 26.3 Å². The maximum absolute atomic E-state index is 13.1. The van der Waals surface area contributed by atoms with Gasteiger partial charge in [-0.2, -0.15) is 0 Å². The van der Waals surface area contributed by atoms with Crippen LogP contribution in [0, 0.1) is 5.92 Å². The normalized spacial score (nSPS) is 22.9. The molecule has 0 saturated carbocycles. The predicted molar refractivity (Wildman–Crippen MR) is 129 cm³/mol. The summed E-state index contributed by atoms with van der Waals surface area (Å²) >= 11 is 0. The topological polar surface area (TPSA) is 132 Å². The van der Waals surface area contributed by atoms with Gasteiger partial charge in [-0.05, 0) is 25.7 Å². The molecule has 1 amide bonds. The van der Waals surface area contributed by atoms with E-state index < -0.39 is 42.9 Å². The first-order chi connectivity index (χ1) is 17.2. The zero-order valence-corrected chi connectivity index (χ0v) is 21.9. The molecule has 1 aromatic rings. The number of hydrogen-bond acceptors (Lipinski definition) is 10. The van der Waals surface area contributed by atoms with Crippen molar-refractivity contribution in [3.05, 3.63) is 18.0 Å². The number of ether oxygens (including phenoxy) is 6. The summed E-state index contributed by atoms with van der Waals surface area (Å²) in [6.07, 6.45) is 2.69. The maximum Gasteiger partial charge on any atom is 0.329 e. The largest absolute Gasteiger partial charge is 0.493 e. The number of amides is 1. The second-order valence-corrected chi connectivity index (χ2v) is 9.01. The van der Waals surface area contributed by atoms with Crippen molar-refractivity contribution in [1.82, 2.24) is 10.3 Å². The zero-order valence-electron chi connectivity index (χ0n) is 21.9. The van der Waals surface area contributed by atoms with Gasteiger partial charge in [0.05, 0.1) is 13.2 Å². The Kier molecular flexibility index (Phi) is 11.9. The van der Waals surface area contributed by atoms with Crippen LogP contribution < -0.4 is 14.8 Å². The summed E-state index contributed by atoms with van der Waals surface area (Å²) in [5.41, 5.74) is -0.114. The van der Waals surface area contributed by atoms with Gasteiger partial charge in [-0.15, -0.1) is 0 Å². The standard InChI is InChI=1S/C25H38N2O9/c1-15(2)13-33-22-16(3)36-25(30)18(9-7-8-10-19(22)31-5)27-24(29)21-23(35-14-34-17(4)28)20(32-6)11-12-26-21/h11-12,15-16,18-19,22H,7-10,13-14H2,1-6H3,(H,27,29)/t16-,18-,19-,22-/m0/s1. The van der Waals surface area contributed by atoms with Gasteiger partial charge in [0.1, 0.15) is 18.2 Å². The molecule has 11 nitrogen and oxygen atoms in total. The molecular weight excluding hydrogens is 472 g/mol. The zero-order chi connectivity index (χ0) is 26.7. The minimum atomic E-state index is -0.904. The van der Waals surface area contributed by atoms with E-state index in [9.17, 15) is 14.4 Å². The molecule has 0 unspecified atom stereocenters. The number of pyridine rings is 1. The predicted octanol–water partition coefficient (Wildman–Crippen LogP) is 2.65. The highest BCUT2D eigenvalue weighted by molar-refractivity contribution is 5.98. The van der Waals surface area contributed by atoms with Crippen LogP contribution in [0.5, 0.6) is 11.5 Å². The Bertz CT molecular complexity index is 877. The second kappa shape index (κ2) is 14.6. The molecule has 0 spiro atoms. The Balaban J connectivity index is 2.19. The lowest BCUT2D eigenvalue weighted by Crippen LogP contribution is -2.48. The minimum absolute atomic E-state index is 0.00885. The molecule has 2 heterocycles. The van der Waals surface area contributed by atoms with Crippen LogP contribution >= 0.6 is 0 Å². The third-order valence-corrected chi connectivity index (χ3v) is 5.65. The lowest BCUT2D eigenvalue weighted by Gasteiger charge is -2.33. The average molecular weight is 511 g/mol. The fraction of sp³-hybridized carbons (Fsp3) is 0.680. The molecule has 0 aliphatic carbocycles. The Hall–Kier alpha value is -2.92. The molecule has 1 saturated heterocycles. The van der Waals surface area contributed by atoms with E-state index in [-0.39, 0.29) is 23.3 Å². The molecule has 36 heavy (non-hydrogen) atoms. The fourth-order valence-electron chi connectivity index (χ4n) is 3.83. The van der Waals surface area contributed by atoms with Gasteiger partial charge >= 0.3 is 11.9 Å². The Morgan fingerprint density at radius 2 is 1.94 bits per heavy atom. The number of carbonyl (C=O) groups excluding carboxylic acids is 3. The van der Waals surface area contributed by atoms with Crippen LogP contribution in [0.2, 0.25) is 0 Å². The fourth-order valence-corrected chi connectivity index (χ4v) is 3.83. The summed E-state index contributed by atoms with van der Waals surface area (Å²) in [7, 11) is 3.03. The highest BCUT2D eigenvalue weighted by atomic mass is 16.7. The summed E-state index contributed by atoms with van der Waals surface area (Å²) in [6.45, 7) is 7.15. The van der Waals surface area contributed by atoms with Crippen LogP contribution in [0.25, 0.3) is 0 Å². The van der Waals surface area contributed by atoms with Crippen molar-refractivity contribution in [3.63, 3.8) is 0 Å². The second-order valence-electron chi connectivity index (χ2n) is 9.01. The van der Waals surface area contributed by atoms with E-state index in [1.54, 1.807) is 14.0 Å². The molecule has 1 fully saturated rings. The molecular formula is C25H38N2O9. The van der Waals surface area contributed by atoms with Crippen LogP contribution in [-0.4, -0.2) is 74.8 Å². The van der Waals surface area contributed by atoms with Crippen LogP contribution in [0.15, 0.2) is 12.3 Å². The monoisotopic (exact) mass is 510 g/mol. The van der Waals surface area contributed by atoms with Crippen molar-refractivity contribution in [2.45, 2.75) is 77.7 Å². The molecule has 1 N–H and O–H groups in total. The number of rotatable bonds is 10. The smallest absolute Gasteiger partial charge is 0.329 e. The van der Waals surface area contributed by atoms with Crippen molar-refractivity contribution in [2.75, 3.05) is 27.6 Å². The number of esters is 2. The van der Waals surface area contributed by atoms with Crippen LogP contribution in [-0.2, 0) is 28.5 Å². The van der Waals surface area contributed by atoms with Crippen molar-refractivity contribution >= 4 is 17.8 Å². The number of nitrogens with zero attached hydrogens (tertiary/aromatic N) is 1. The van der Waals surface area contributed by atoms with Crippen LogP contribution in [0.1, 0.15) is 63.9 Å². The van der Waals surface area contributed by atoms with E-state index in [4.69, 9.17) is 28.4 Å². The summed E-state index contributed by atoms with van der Waals surface area (Å²) in [6, 6.07) is 0.599. The number of carbonyl (C=O) groups is 3. The van der Waals surface area contributed by atoms with Gasteiger partial charge in [-0.25, -0.2) is 9.78 Å². The first kappa shape index (κ1) is 29.3. The molecule has 202 valence electrons. The third-order valence-electron chi connectivity index (χ3n) is 5.65. The van der Waals surface area contributed by atoms with Crippen molar-refractivity contribution in [1.29, 1.82) is 0 Å². The van der Waals surface area contributed by atoms with Gasteiger partial charge in [-0.3, -0.25) is 9.59 Å². The number of aromatic nitrogens is 1. The van der Waals surface area contributed by atoms with E-state index in [0.717, 1.165) is 12.8 Å². The molecule has 0 bridgehead atoms. The summed E-state index contributed by atoms with van der Waals surface area (Å²) < 4.78 is 32.9. The Morgan fingerprint density at radius 1 is 1.22 bits per heavy atom. The van der Waals surface area contributed by atoms with Crippen molar-refractivity contribution in [3.8, 4) is 11.5 Å². The molecule has 11 heteroatoms. The summed E-state index contributed by atoms with van der Waals surface area (Å²) in [4.78, 5) is 41.4. The first-order valence-electron chi connectivity index (χ1n) is 12.1. The van der Waals surface area contributed by atoms with Gasteiger partial charge < -0.3 is 33.7 Å². The highest BCUT2D eigenvalue weighted by Gasteiger charge is 2.35. The number of methoxy groups -OCH3 is 2. The van der Waals surface area contributed by atoms with Crippen LogP contribution in [0.4, 0.5) is 0 Å². The maximum atomic E-state index is 13.1. The molecule has 1 aliphatic heterocycles. The lowest BCUT2D eigenvalue weighted by atomic mass is 9.99. The van der Waals surface area contributed by atoms with E-state index in [1.807, 2.05) is 13.8 Å². The van der Waals surface area contributed by atoms with Crippen molar-refractivity contribution < 1.29 is 42.8 Å². The summed E-state index contributed by atoms with van der Waals surface area (Å²) in [5.74, 6) is -1.25.